The van der Waals surface area contributed by atoms with Crippen molar-refractivity contribution in [1.29, 1.82) is 0 Å². The molecule has 4 saturated carbocycles. The lowest BCUT2D eigenvalue weighted by atomic mass is 9.44. The highest BCUT2D eigenvalue weighted by molar-refractivity contribution is 5.88. The first kappa shape index (κ1) is 20.0. The van der Waals surface area contributed by atoms with Gasteiger partial charge in [-0.1, -0.05) is 13.8 Å². The number of ether oxygens (including phenoxy) is 2. The van der Waals surface area contributed by atoms with Crippen LogP contribution < -0.4 is 0 Å². The first-order valence-electron chi connectivity index (χ1n) is 11.7. The molecular weight excluding hydrogens is 368 g/mol. The molecule has 5 heteroatoms. The van der Waals surface area contributed by atoms with Crippen molar-refractivity contribution in [1.82, 2.24) is 0 Å². The van der Waals surface area contributed by atoms with Crippen molar-refractivity contribution in [3.8, 4) is 0 Å². The number of Topliss-reactive ketones (excluding diaryl/α,β-unsaturated/α-hetero) is 1. The van der Waals surface area contributed by atoms with E-state index in [4.69, 9.17) is 9.47 Å². The fraction of sp³-hybridized carbons (Fsp3) is 0.917. The second kappa shape index (κ2) is 6.29. The molecule has 0 aromatic rings. The Morgan fingerprint density at radius 3 is 2.59 bits per heavy atom. The van der Waals surface area contributed by atoms with E-state index in [1.54, 1.807) is 0 Å². The van der Waals surface area contributed by atoms with E-state index in [-0.39, 0.29) is 28.5 Å². The number of aliphatic hydroxyl groups is 1. The van der Waals surface area contributed by atoms with Crippen molar-refractivity contribution < 1.29 is 24.2 Å². The molecule has 5 aliphatic rings. The molecule has 1 heterocycles. The zero-order valence-electron chi connectivity index (χ0n) is 18.2. The van der Waals surface area contributed by atoms with Gasteiger partial charge in [-0.25, -0.2) is 0 Å². The van der Waals surface area contributed by atoms with Gasteiger partial charge in [-0.05, 0) is 81.0 Å². The lowest BCUT2D eigenvalue weighted by Gasteiger charge is -2.60. The smallest absolute Gasteiger partial charge is 0.302 e. The molecular formula is C24H36O5. The van der Waals surface area contributed by atoms with Crippen LogP contribution in [0.1, 0.15) is 85.0 Å². The third kappa shape index (κ3) is 2.52. The van der Waals surface area contributed by atoms with Crippen LogP contribution in [-0.2, 0) is 19.1 Å². The number of fused-ring (bicyclic) bond motifs is 4. The second-order valence-corrected chi connectivity index (χ2v) is 11.2. The van der Waals surface area contributed by atoms with E-state index in [0.717, 1.165) is 51.4 Å². The quantitative estimate of drug-likeness (QED) is 0.438. The highest BCUT2D eigenvalue weighted by Gasteiger charge is 2.77. The highest BCUT2D eigenvalue weighted by Crippen LogP contribution is 2.73. The van der Waals surface area contributed by atoms with E-state index < -0.39 is 5.60 Å². The van der Waals surface area contributed by atoms with Gasteiger partial charge >= 0.3 is 5.97 Å². The van der Waals surface area contributed by atoms with Gasteiger partial charge in [0.1, 0.15) is 11.7 Å². The first-order valence-corrected chi connectivity index (χ1v) is 11.7. The molecule has 0 aromatic carbocycles. The molecule has 5 rings (SSSR count). The van der Waals surface area contributed by atoms with Crippen LogP contribution in [0.25, 0.3) is 0 Å². The summed E-state index contributed by atoms with van der Waals surface area (Å²) in [5, 5.41) is 11.7. The molecule has 1 N–H and O–H groups in total. The van der Waals surface area contributed by atoms with Crippen molar-refractivity contribution in [2.45, 2.75) is 102 Å². The molecule has 5 fully saturated rings. The Labute approximate surface area is 173 Å². The molecule has 0 amide bonds. The summed E-state index contributed by atoms with van der Waals surface area (Å²) in [5.74, 6) is 1.86. The molecule has 162 valence electrons. The zero-order chi connectivity index (χ0) is 20.7. The summed E-state index contributed by atoms with van der Waals surface area (Å²) in [4.78, 5) is 23.3. The summed E-state index contributed by atoms with van der Waals surface area (Å²) < 4.78 is 11.3. The van der Waals surface area contributed by atoms with Gasteiger partial charge in [0, 0.05) is 18.8 Å². The van der Waals surface area contributed by atoms with Crippen LogP contribution in [0.4, 0.5) is 0 Å². The van der Waals surface area contributed by atoms with Crippen LogP contribution in [0.2, 0.25) is 0 Å². The topological polar surface area (TPSA) is 76.1 Å². The van der Waals surface area contributed by atoms with E-state index in [2.05, 4.69) is 13.8 Å². The Morgan fingerprint density at radius 2 is 1.83 bits per heavy atom. The summed E-state index contributed by atoms with van der Waals surface area (Å²) in [5.41, 5.74) is -0.762. The predicted molar refractivity (Wildman–Crippen MR) is 107 cm³/mol. The molecule has 1 spiro atoms. The van der Waals surface area contributed by atoms with Gasteiger partial charge in [0.25, 0.3) is 0 Å². The van der Waals surface area contributed by atoms with Gasteiger partial charge in [0.2, 0.25) is 0 Å². The predicted octanol–water partition coefficient (Wildman–Crippen LogP) is 3.80. The molecule has 8 atom stereocenters. The number of ketones is 1. The van der Waals surface area contributed by atoms with Gasteiger partial charge in [0.05, 0.1) is 12.2 Å². The second-order valence-electron chi connectivity index (χ2n) is 11.2. The standard InChI is InChI=1S/C24H36O5/c1-15(25)28-14-4-9-23(27)12-7-17-16-5-13-24-20(29-24)19(26)8-11-22(24,3)18(16)6-10-21(17,23)2/h16-18,20,27H,4-14H2,1-3H3/t16-,17-,18+,20?,21-,22+,23?,24?/m0/s1. The minimum atomic E-state index is -0.653. The molecule has 0 radical (unpaired) electrons. The monoisotopic (exact) mass is 404 g/mol. The lowest BCUT2D eigenvalue weighted by Crippen LogP contribution is -2.59. The van der Waals surface area contributed by atoms with Crippen molar-refractivity contribution in [2.75, 3.05) is 6.61 Å². The Balaban J connectivity index is 1.34. The van der Waals surface area contributed by atoms with Crippen LogP contribution in [-0.4, -0.2) is 40.8 Å². The first-order chi connectivity index (χ1) is 13.7. The van der Waals surface area contributed by atoms with Gasteiger partial charge in [-0.3, -0.25) is 9.59 Å². The number of rotatable bonds is 4. The van der Waals surface area contributed by atoms with Gasteiger partial charge in [-0.2, -0.15) is 0 Å². The van der Waals surface area contributed by atoms with Gasteiger partial charge < -0.3 is 14.6 Å². The molecule has 4 aliphatic carbocycles. The fourth-order valence-electron chi connectivity index (χ4n) is 8.60. The maximum atomic E-state index is 12.3. The van der Waals surface area contributed by atoms with Crippen LogP contribution in [0.15, 0.2) is 0 Å². The summed E-state index contributed by atoms with van der Waals surface area (Å²) in [6.07, 6.45) is 9.23. The minimum Gasteiger partial charge on any atom is -0.466 e. The van der Waals surface area contributed by atoms with Crippen LogP contribution in [0.3, 0.4) is 0 Å². The SMILES string of the molecule is CC(=O)OCCCC1(O)CC[C@H]2[C@@H]3CCC45OC4C(=O)CC[C@]5(C)[C@@H]3CC[C@@]21C. The van der Waals surface area contributed by atoms with Crippen molar-refractivity contribution in [3.63, 3.8) is 0 Å². The van der Waals surface area contributed by atoms with E-state index in [1.165, 1.54) is 6.92 Å². The van der Waals surface area contributed by atoms with E-state index in [9.17, 15) is 14.7 Å². The number of epoxide rings is 1. The van der Waals surface area contributed by atoms with Crippen LogP contribution in [0, 0.1) is 28.6 Å². The van der Waals surface area contributed by atoms with Gasteiger partial charge in [0.15, 0.2) is 5.78 Å². The summed E-state index contributed by atoms with van der Waals surface area (Å²) in [6, 6.07) is 0. The number of hydrogen-bond acceptors (Lipinski definition) is 5. The molecule has 29 heavy (non-hydrogen) atoms. The average molecular weight is 405 g/mol. The zero-order valence-corrected chi connectivity index (χ0v) is 18.2. The minimum absolute atomic E-state index is 0.0560. The van der Waals surface area contributed by atoms with Crippen molar-refractivity contribution in [3.05, 3.63) is 0 Å². The lowest BCUT2D eigenvalue weighted by molar-refractivity contribution is -0.157. The third-order valence-electron chi connectivity index (χ3n) is 10.3. The van der Waals surface area contributed by atoms with E-state index >= 15 is 0 Å². The van der Waals surface area contributed by atoms with E-state index in [1.807, 2.05) is 0 Å². The number of hydrogen-bond donors (Lipinski definition) is 1. The number of esters is 1. The maximum absolute atomic E-state index is 12.3. The Kier molecular flexibility index (Phi) is 4.33. The summed E-state index contributed by atoms with van der Waals surface area (Å²) in [6.45, 7) is 6.56. The maximum Gasteiger partial charge on any atom is 0.302 e. The molecule has 1 saturated heterocycles. The summed E-state index contributed by atoms with van der Waals surface area (Å²) >= 11 is 0. The molecule has 0 aromatic heterocycles. The molecule has 5 nitrogen and oxygen atoms in total. The largest absolute Gasteiger partial charge is 0.466 e. The molecule has 3 unspecified atom stereocenters. The van der Waals surface area contributed by atoms with Crippen molar-refractivity contribution in [2.24, 2.45) is 28.6 Å². The molecule has 1 aliphatic heterocycles. The highest BCUT2D eigenvalue weighted by atomic mass is 16.6. The average Bonchev–Trinajstić information content (AvgIpc) is 3.36. The van der Waals surface area contributed by atoms with Crippen molar-refractivity contribution >= 4 is 11.8 Å². The molecule has 0 bridgehead atoms. The normalized spacial score (nSPS) is 52.8. The van der Waals surface area contributed by atoms with Gasteiger partial charge in [-0.15, -0.1) is 0 Å². The number of carbonyl (C=O) groups excluding carboxylic acids is 2. The van der Waals surface area contributed by atoms with Crippen LogP contribution >= 0.6 is 0 Å². The Bertz CT molecular complexity index is 735. The fourth-order valence-corrected chi connectivity index (χ4v) is 8.60. The summed E-state index contributed by atoms with van der Waals surface area (Å²) in [7, 11) is 0. The Morgan fingerprint density at radius 1 is 1.10 bits per heavy atom. The van der Waals surface area contributed by atoms with E-state index in [0.29, 0.717) is 43.0 Å². The van der Waals surface area contributed by atoms with Crippen LogP contribution in [0.5, 0.6) is 0 Å². The Hall–Kier alpha value is -0.940. The number of carbonyl (C=O) groups is 2. The third-order valence-corrected chi connectivity index (χ3v) is 10.3.